The van der Waals surface area contributed by atoms with Crippen molar-refractivity contribution < 1.29 is 9.31 Å². The largest absolute Gasteiger partial charge is 0.373 e. The molecule has 0 saturated heterocycles. The van der Waals surface area contributed by atoms with Crippen LogP contribution in [0.1, 0.15) is 11.1 Å². The molecule has 2 rings (SSSR count). The average molecular weight is 275 g/mol. The van der Waals surface area contributed by atoms with Crippen LogP contribution in [0.15, 0.2) is 24.3 Å². The number of aryl methyl sites for hydroxylation is 2. The van der Waals surface area contributed by atoms with Crippen molar-refractivity contribution in [1.82, 2.24) is 4.98 Å². The van der Waals surface area contributed by atoms with Gasteiger partial charge in [0.25, 0.3) is 5.69 Å². The highest BCUT2D eigenvalue weighted by molar-refractivity contribution is 5.69. The van der Waals surface area contributed by atoms with Gasteiger partial charge in [-0.1, -0.05) is 6.07 Å². The lowest BCUT2D eigenvalue weighted by atomic mass is 10.0. The van der Waals surface area contributed by atoms with Gasteiger partial charge in [0, 0.05) is 18.7 Å². The minimum absolute atomic E-state index is 0.126. The van der Waals surface area contributed by atoms with E-state index in [0.29, 0.717) is 11.4 Å². The Bertz CT molecular complexity index is 663. The van der Waals surface area contributed by atoms with Crippen molar-refractivity contribution in [2.24, 2.45) is 0 Å². The maximum Gasteiger partial charge on any atom is 0.275 e. The lowest BCUT2D eigenvalue weighted by Gasteiger charge is -2.10. The summed E-state index contributed by atoms with van der Waals surface area (Å²) < 4.78 is 14.1. The van der Waals surface area contributed by atoms with E-state index in [2.05, 4.69) is 10.3 Å². The fraction of sp³-hybridized carbons (Fsp3) is 0.214. The molecule has 1 N–H and O–H groups in total. The van der Waals surface area contributed by atoms with Crippen LogP contribution < -0.4 is 5.32 Å². The number of aromatic nitrogens is 1. The Morgan fingerprint density at radius 3 is 2.50 bits per heavy atom. The molecular weight excluding hydrogens is 261 g/mol. The molecule has 0 atom stereocenters. The summed E-state index contributed by atoms with van der Waals surface area (Å²) in [6, 6.07) is 5.80. The first-order chi connectivity index (χ1) is 9.42. The minimum atomic E-state index is -0.520. The van der Waals surface area contributed by atoms with Crippen LogP contribution in [-0.4, -0.2) is 17.0 Å². The van der Waals surface area contributed by atoms with Gasteiger partial charge < -0.3 is 5.32 Å². The van der Waals surface area contributed by atoms with Crippen LogP contribution in [-0.2, 0) is 0 Å². The quantitative estimate of drug-likeness (QED) is 0.688. The van der Waals surface area contributed by atoms with Crippen LogP contribution in [0.3, 0.4) is 0 Å². The first-order valence-electron chi connectivity index (χ1n) is 6.03. The third-order valence-corrected chi connectivity index (χ3v) is 2.96. The van der Waals surface area contributed by atoms with Gasteiger partial charge in [-0.15, -0.1) is 0 Å². The second kappa shape index (κ2) is 5.24. The molecular formula is C14H14FN3O2. The van der Waals surface area contributed by atoms with E-state index in [0.717, 1.165) is 5.56 Å². The lowest BCUT2D eigenvalue weighted by molar-refractivity contribution is -0.384. The number of rotatable bonds is 3. The summed E-state index contributed by atoms with van der Waals surface area (Å²) in [4.78, 5) is 14.6. The van der Waals surface area contributed by atoms with Gasteiger partial charge >= 0.3 is 0 Å². The summed E-state index contributed by atoms with van der Waals surface area (Å²) in [7, 11) is 1.61. The van der Waals surface area contributed by atoms with Gasteiger partial charge in [-0.3, -0.25) is 10.1 Å². The van der Waals surface area contributed by atoms with E-state index in [-0.39, 0.29) is 16.9 Å². The molecule has 1 aromatic carbocycles. The first kappa shape index (κ1) is 13.9. The van der Waals surface area contributed by atoms with Gasteiger partial charge in [0.05, 0.1) is 16.7 Å². The van der Waals surface area contributed by atoms with Crippen molar-refractivity contribution in [3.05, 3.63) is 51.3 Å². The molecule has 5 nitrogen and oxygen atoms in total. The van der Waals surface area contributed by atoms with E-state index in [9.17, 15) is 14.5 Å². The molecule has 6 heteroatoms. The summed E-state index contributed by atoms with van der Waals surface area (Å²) in [6.45, 7) is 3.55. The highest BCUT2D eigenvalue weighted by atomic mass is 19.1. The number of hydrogen-bond donors (Lipinski definition) is 1. The highest BCUT2D eigenvalue weighted by Crippen LogP contribution is 2.30. The molecule has 1 heterocycles. The maximum absolute atomic E-state index is 14.1. The SMILES string of the molecule is CNc1cc([N+](=O)[O-])cc(-c2c(C)cc(C)cc2F)n1. The van der Waals surface area contributed by atoms with Crippen molar-refractivity contribution in [3.63, 3.8) is 0 Å². The molecule has 0 bridgehead atoms. The molecule has 0 aliphatic heterocycles. The predicted octanol–water partition coefficient (Wildman–Crippen LogP) is 3.45. The Morgan fingerprint density at radius 1 is 1.25 bits per heavy atom. The second-order valence-corrected chi connectivity index (χ2v) is 4.54. The van der Waals surface area contributed by atoms with E-state index < -0.39 is 10.7 Å². The molecule has 0 radical (unpaired) electrons. The predicted molar refractivity (Wildman–Crippen MR) is 75.3 cm³/mol. The van der Waals surface area contributed by atoms with Gasteiger partial charge in [0.15, 0.2) is 0 Å². The van der Waals surface area contributed by atoms with E-state index in [1.165, 1.54) is 18.2 Å². The third-order valence-electron chi connectivity index (χ3n) is 2.96. The van der Waals surface area contributed by atoms with E-state index in [1.54, 1.807) is 20.9 Å². The van der Waals surface area contributed by atoms with Crippen molar-refractivity contribution >= 4 is 11.5 Å². The van der Waals surface area contributed by atoms with Crippen LogP contribution in [0.4, 0.5) is 15.9 Å². The zero-order valence-corrected chi connectivity index (χ0v) is 11.4. The van der Waals surface area contributed by atoms with Crippen LogP contribution in [0, 0.1) is 29.8 Å². The zero-order valence-electron chi connectivity index (χ0n) is 11.4. The minimum Gasteiger partial charge on any atom is -0.373 e. The van der Waals surface area contributed by atoms with Crippen molar-refractivity contribution in [2.75, 3.05) is 12.4 Å². The molecule has 0 aliphatic rings. The van der Waals surface area contributed by atoms with Gasteiger partial charge in [-0.05, 0) is 31.0 Å². The van der Waals surface area contributed by atoms with Gasteiger partial charge in [0.1, 0.15) is 11.6 Å². The Balaban J connectivity index is 2.69. The monoisotopic (exact) mass is 275 g/mol. The van der Waals surface area contributed by atoms with E-state index >= 15 is 0 Å². The summed E-state index contributed by atoms with van der Waals surface area (Å²) in [6.07, 6.45) is 0. The smallest absolute Gasteiger partial charge is 0.275 e. The number of pyridine rings is 1. The van der Waals surface area contributed by atoms with Crippen LogP contribution in [0.25, 0.3) is 11.3 Å². The second-order valence-electron chi connectivity index (χ2n) is 4.54. The van der Waals surface area contributed by atoms with Crippen LogP contribution >= 0.6 is 0 Å². The summed E-state index contributed by atoms with van der Waals surface area (Å²) >= 11 is 0. The van der Waals surface area contributed by atoms with Gasteiger partial charge in [0.2, 0.25) is 0 Å². The van der Waals surface area contributed by atoms with Crippen LogP contribution in [0.2, 0.25) is 0 Å². The fourth-order valence-electron chi connectivity index (χ4n) is 2.12. The third kappa shape index (κ3) is 2.59. The number of hydrogen-bond acceptors (Lipinski definition) is 4. The molecule has 0 amide bonds. The lowest BCUT2D eigenvalue weighted by Crippen LogP contribution is -2.00. The topological polar surface area (TPSA) is 68.1 Å². The number of nitrogens with zero attached hydrogens (tertiary/aromatic N) is 2. The van der Waals surface area contributed by atoms with Gasteiger partial charge in [-0.25, -0.2) is 9.37 Å². The molecule has 104 valence electrons. The Kier molecular flexibility index (Phi) is 3.65. The van der Waals surface area contributed by atoms with Gasteiger partial charge in [-0.2, -0.15) is 0 Å². The number of halogens is 1. The van der Waals surface area contributed by atoms with Crippen molar-refractivity contribution in [2.45, 2.75) is 13.8 Å². The molecule has 1 aromatic heterocycles. The zero-order chi connectivity index (χ0) is 14.9. The normalized spacial score (nSPS) is 10.4. The number of nitro groups is 1. The van der Waals surface area contributed by atoms with Crippen molar-refractivity contribution in [3.8, 4) is 11.3 Å². The molecule has 2 aromatic rings. The average Bonchev–Trinajstić information content (AvgIpc) is 2.37. The van der Waals surface area contributed by atoms with E-state index in [1.807, 2.05) is 6.07 Å². The Labute approximate surface area is 115 Å². The molecule has 20 heavy (non-hydrogen) atoms. The highest BCUT2D eigenvalue weighted by Gasteiger charge is 2.16. The summed E-state index contributed by atoms with van der Waals surface area (Å²) in [5, 5.41) is 13.7. The molecule has 0 fully saturated rings. The van der Waals surface area contributed by atoms with Crippen LogP contribution in [0.5, 0.6) is 0 Å². The molecule has 0 aliphatic carbocycles. The summed E-state index contributed by atoms with van der Waals surface area (Å²) in [5.41, 5.74) is 1.90. The number of nitrogens with one attached hydrogen (secondary N) is 1. The Hall–Kier alpha value is -2.50. The molecule has 0 saturated carbocycles. The van der Waals surface area contributed by atoms with E-state index in [4.69, 9.17) is 0 Å². The Morgan fingerprint density at radius 2 is 1.95 bits per heavy atom. The number of anilines is 1. The summed E-state index contributed by atoms with van der Waals surface area (Å²) in [5.74, 6) is -0.105. The van der Waals surface area contributed by atoms with Crippen molar-refractivity contribution in [1.29, 1.82) is 0 Å². The fourth-order valence-corrected chi connectivity index (χ4v) is 2.12. The maximum atomic E-state index is 14.1. The molecule has 0 spiro atoms. The first-order valence-corrected chi connectivity index (χ1v) is 6.03. The standard InChI is InChI=1S/C14H14FN3O2/c1-8-4-9(2)14(11(15)5-8)12-6-10(18(19)20)7-13(16-3)17-12/h4-7H,1-3H3,(H,16,17). The number of benzene rings is 1. The molecule has 0 unspecified atom stereocenters.